The third-order valence-corrected chi connectivity index (χ3v) is 5.24. The standard InChI is InChI=1S/C25H37NO4.H2O4S/c27-20-23-18-22(13-14-24(23)28)25(29)19-26-15-7-1-2-8-16-30-17-9-6-12-21-10-4-3-5-11-21;1-5(2,3)4/h3-5,10-11,13-14,18,25-29H,1-2,6-9,12,15-17,19-20H2;(H2,1,2,3,4). The molecule has 0 heterocycles. The van der Waals surface area contributed by atoms with Crippen molar-refractivity contribution in [3.63, 3.8) is 0 Å². The van der Waals surface area contributed by atoms with E-state index in [1.54, 1.807) is 12.1 Å². The summed E-state index contributed by atoms with van der Waals surface area (Å²) in [5.74, 6) is 0.0533. The van der Waals surface area contributed by atoms with Gasteiger partial charge in [-0.25, -0.2) is 0 Å². The van der Waals surface area contributed by atoms with Crippen molar-refractivity contribution in [2.45, 2.75) is 57.7 Å². The lowest BCUT2D eigenvalue weighted by Gasteiger charge is -2.14. The highest BCUT2D eigenvalue weighted by Crippen LogP contribution is 2.22. The number of benzene rings is 2. The quantitative estimate of drug-likeness (QED) is 0.146. The number of unbranched alkanes of at least 4 members (excludes halogenated alkanes) is 4. The number of rotatable bonds is 16. The van der Waals surface area contributed by atoms with Crippen LogP contribution in [0.2, 0.25) is 0 Å². The summed E-state index contributed by atoms with van der Waals surface area (Å²) in [7, 11) is -4.67. The molecular formula is C25H39NO8S. The van der Waals surface area contributed by atoms with Gasteiger partial charge in [0.15, 0.2) is 0 Å². The summed E-state index contributed by atoms with van der Waals surface area (Å²) in [6.45, 7) is 2.77. The Morgan fingerprint density at radius 3 is 2.17 bits per heavy atom. The number of aliphatic hydroxyl groups is 2. The molecule has 1 unspecified atom stereocenters. The zero-order valence-electron chi connectivity index (χ0n) is 20.1. The maximum absolute atomic E-state index is 10.2. The van der Waals surface area contributed by atoms with Crippen LogP contribution in [0.25, 0.3) is 0 Å². The van der Waals surface area contributed by atoms with Crippen molar-refractivity contribution in [3.8, 4) is 5.75 Å². The average Bonchev–Trinajstić information content (AvgIpc) is 2.81. The van der Waals surface area contributed by atoms with Gasteiger partial charge in [0.1, 0.15) is 5.75 Å². The Hall–Kier alpha value is -2.05. The van der Waals surface area contributed by atoms with Crippen LogP contribution in [0.3, 0.4) is 0 Å². The van der Waals surface area contributed by atoms with Crippen molar-refractivity contribution in [3.05, 3.63) is 65.2 Å². The minimum absolute atomic E-state index is 0.0533. The number of aliphatic hydroxyl groups excluding tert-OH is 2. The second kappa shape index (κ2) is 18.3. The van der Waals surface area contributed by atoms with Crippen LogP contribution < -0.4 is 5.32 Å². The molecule has 0 amide bonds. The highest BCUT2D eigenvalue weighted by Gasteiger charge is 2.09. The minimum Gasteiger partial charge on any atom is -0.508 e. The van der Waals surface area contributed by atoms with Crippen LogP contribution in [-0.2, 0) is 28.2 Å². The predicted octanol–water partition coefficient (Wildman–Crippen LogP) is 3.45. The molecule has 198 valence electrons. The molecule has 0 saturated carbocycles. The van der Waals surface area contributed by atoms with E-state index < -0.39 is 16.5 Å². The SMILES string of the molecule is O=S(=O)(O)O.OCc1cc(C(O)CNCCCCCCOCCCCc2ccccc2)ccc1O. The molecule has 0 radical (unpaired) electrons. The van der Waals surface area contributed by atoms with Crippen LogP contribution >= 0.6 is 0 Å². The van der Waals surface area contributed by atoms with Gasteiger partial charge in [-0.15, -0.1) is 0 Å². The fourth-order valence-corrected chi connectivity index (χ4v) is 3.38. The van der Waals surface area contributed by atoms with Crippen molar-refractivity contribution in [1.82, 2.24) is 5.32 Å². The number of aryl methyl sites for hydroxylation is 1. The monoisotopic (exact) mass is 513 g/mol. The van der Waals surface area contributed by atoms with Crippen molar-refractivity contribution >= 4 is 10.4 Å². The predicted molar refractivity (Wildman–Crippen MR) is 135 cm³/mol. The van der Waals surface area contributed by atoms with E-state index >= 15 is 0 Å². The minimum atomic E-state index is -4.67. The van der Waals surface area contributed by atoms with Gasteiger partial charge in [0.05, 0.1) is 12.7 Å². The van der Waals surface area contributed by atoms with E-state index in [1.807, 2.05) is 0 Å². The number of nitrogens with one attached hydrogen (secondary N) is 1. The third kappa shape index (κ3) is 17.1. The Balaban J connectivity index is 0.00000111. The number of ether oxygens (including phenoxy) is 1. The first kappa shape index (κ1) is 31.0. The molecule has 0 aliphatic carbocycles. The van der Waals surface area contributed by atoms with Crippen LogP contribution in [0.5, 0.6) is 5.75 Å². The summed E-state index contributed by atoms with van der Waals surface area (Å²) in [5, 5.41) is 32.3. The van der Waals surface area contributed by atoms with Gasteiger partial charge in [0.2, 0.25) is 0 Å². The lowest BCUT2D eigenvalue weighted by molar-refractivity contribution is 0.126. The van der Waals surface area contributed by atoms with Gasteiger partial charge >= 0.3 is 10.4 Å². The molecule has 35 heavy (non-hydrogen) atoms. The second-order valence-electron chi connectivity index (χ2n) is 8.18. The molecule has 0 saturated heterocycles. The van der Waals surface area contributed by atoms with E-state index in [0.717, 1.165) is 58.3 Å². The van der Waals surface area contributed by atoms with Crippen LogP contribution in [0.15, 0.2) is 48.5 Å². The highest BCUT2D eigenvalue weighted by atomic mass is 32.3. The molecule has 0 aliphatic rings. The molecule has 0 bridgehead atoms. The molecule has 0 spiro atoms. The first-order valence-electron chi connectivity index (χ1n) is 11.8. The van der Waals surface area contributed by atoms with E-state index in [0.29, 0.717) is 17.7 Å². The largest absolute Gasteiger partial charge is 0.508 e. The second-order valence-corrected chi connectivity index (χ2v) is 9.08. The topological polar surface area (TPSA) is 157 Å². The van der Waals surface area contributed by atoms with Crippen LogP contribution in [-0.4, -0.2) is 59.1 Å². The molecule has 0 aromatic heterocycles. The molecule has 2 rings (SSSR count). The lowest BCUT2D eigenvalue weighted by Crippen LogP contribution is -2.22. The fourth-order valence-electron chi connectivity index (χ4n) is 3.38. The Labute approximate surface area is 208 Å². The number of hydrogen-bond donors (Lipinski definition) is 6. The first-order valence-corrected chi connectivity index (χ1v) is 13.2. The molecule has 9 nitrogen and oxygen atoms in total. The molecule has 2 aromatic rings. The molecule has 0 fully saturated rings. The third-order valence-electron chi connectivity index (χ3n) is 5.24. The van der Waals surface area contributed by atoms with Gasteiger partial charge in [-0.2, -0.15) is 8.42 Å². The van der Waals surface area contributed by atoms with Crippen LogP contribution in [0.4, 0.5) is 0 Å². The Morgan fingerprint density at radius 1 is 0.886 bits per heavy atom. The summed E-state index contributed by atoms with van der Waals surface area (Å²) in [4.78, 5) is 0. The van der Waals surface area contributed by atoms with Gasteiger partial charge in [-0.3, -0.25) is 9.11 Å². The molecule has 0 aliphatic heterocycles. The average molecular weight is 514 g/mol. The molecule has 10 heteroatoms. The van der Waals surface area contributed by atoms with Gasteiger partial charge < -0.3 is 25.4 Å². The molecular weight excluding hydrogens is 474 g/mol. The zero-order chi connectivity index (χ0) is 25.9. The maximum atomic E-state index is 10.2. The summed E-state index contributed by atoms with van der Waals surface area (Å²) in [5.41, 5.74) is 2.53. The van der Waals surface area contributed by atoms with E-state index in [-0.39, 0.29) is 12.4 Å². The Morgan fingerprint density at radius 2 is 1.51 bits per heavy atom. The van der Waals surface area contributed by atoms with Gasteiger partial charge in [0.25, 0.3) is 0 Å². The molecule has 2 aromatic carbocycles. The van der Waals surface area contributed by atoms with E-state index in [4.69, 9.17) is 22.3 Å². The van der Waals surface area contributed by atoms with Crippen molar-refractivity contribution in [1.29, 1.82) is 0 Å². The first-order chi connectivity index (χ1) is 16.7. The smallest absolute Gasteiger partial charge is 0.394 e. The van der Waals surface area contributed by atoms with Gasteiger partial charge in [-0.1, -0.05) is 49.2 Å². The fraction of sp³-hybridized carbons (Fsp3) is 0.520. The van der Waals surface area contributed by atoms with Crippen molar-refractivity contribution in [2.75, 3.05) is 26.3 Å². The maximum Gasteiger partial charge on any atom is 0.394 e. The summed E-state index contributed by atoms with van der Waals surface area (Å²) in [6, 6.07) is 15.4. The summed E-state index contributed by atoms with van der Waals surface area (Å²) < 4.78 is 37.3. The highest BCUT2D eigenvalue weighted by molar-refractivity contribution is 7.79. The zero-order valence-corrected chi connectivity index (χ0v) is 20.9. The Kier molecular flexibility index (Phi) is 16.2. The van der Waals surface area contributed by atoms with E-state index in [1.165, 1.54) is 18.1 Å². The Bertz CT molecular complexity index is 901. The number of hydrogen-bond acceptors (Lipinski definition) is 7. The molecule has 6 N–H and O–H groups in total. The van der Waals surface area contributed by atoms with Crippen molar-refractivity contribution < 1.29 is 37.6 Å². The van der Waals surface area contributed by atoms with Crippen LogP contribution in [0, 0.1) is 0 Å². The number of phenols is 1. The van der Waals surface area contributed by atoms with Gasteiger partial charge in [0, 0.05) is 25.3 Å². The van der Waals surface area contributed by atoms with E-state index in [2.05, 4.69) is 35.6 Å². The summed E-state index contributed by atoms with van der Waals surface area (Å²) >= 11 is 0. The van der Waals surface area contributed by atoms with E-state index in [9.17, 15) is 15.3 Å². The van der Waals surface area contributed by atoms with Gasteiger partial charge in [-0.05, 0) is 61.9 Å². The lowest BCUT2D eigenvalue weighted by atomic mass is 10.1. The summed E-state index contributed by atoms with van der Waals surface area (Å²) in [6.07, 6.45) is 7.24. The molecule has 1 atom stereocenters. The van der Waals surface area contributed by atoms with Crippen LogP contribution in [0.1, 0.15) is 61.3 Å². The number of aromatic hydroxyl groups is 1. The normalized spacial score (nSPS) is 12.1. The van der Waals surface area contributed by atoms with Crippen molar-refractivity contribution in [2.24, 2.45) is 0 Å².